The van der Waals surface area contributed by atoms with Crippen LogP contribution in [0, 0.1) is 5.92 Å². The topological polar surface area (TPSA) is 69.6 Å². The number of aliphatic hydroxyl groups is 1. The Morgan fingerprint density at radius 1 is 1.28 bits per heavy atom. The molecule has 0 bridgehead atoms. The van der Waals surface area contributed by atoms with Gasteiger partial charge < -0.3 is 5.11 Å². The van der Waals surface area contributed by atoms with Crippen LogP contribution in [0.2, 0.25) is 0 Å². The number of hydrogen-bond donors (Lipinski definition) is 2. The average Bonchev–Trinajstić information content (AvgIpc) is 2.27. The van der Waals surface area contributed by atoms with Crippen LogP contribution >= 0.6 is 0 Å². The summed E-state index contributed by atoms with van der Waals surface area (Å²) in [5, 5.41) is 8.90. The van der Waals surface area contributed by atoms with E-state index in [9.17, 15) is 21.6 Å². The minimum absolute atomic E-state index is 0.00932. The van der Waals surface area contributed by atoms with Crippen molar-refractivity contribution in [2.45, 2.75) is 25.4 Å². The van der Waals surface area contributed by atoms with Gasteiger partial charge in [-0.2, -0.15) is 25.9 Å². The van der Waals surface area contributed by atoms with Gasteiger partial charge in [-0.05, 0) is 18.8 Å². The number of hydrogen-bond acceptors (Lipinski definition) is 3. The van der Waals surface area contributed by atoms with Crippen LogP contribution in [0.4, 0.5) is 13.2 Å². The van der Waals surface area contributed by atoms with Crippen LogP contribution in [0.1, 0.15) is 19.3 Å². The Morgan fingerprint density at radius 2 is 1.83 bits per heavy atom. The van der Waals surface area contributed by atoms with Gasteiger partial charge in [-0.1, -0.05) is 0 Å². The van der Waals surface area contributed by atoms with E-state index in [2.05, 4.69) is 0 Å². The lowest BCUT2D eigenvalue weighted by atomic mass is 10.00. The van der Waals surface area contributed by atoms with Crippen LogP contribution in [0.5, 0.6) is 0 Å². The first-order chi connectivity index (χ1) is 8.24. The molecule has 0 saturated carbocycles. The van der Waals surface area contributed by atoms with Crippen molar-refractivity contribution in [3.63, 3.8) is 0 Å². The number of alkyl halides is 3. The minimum atomic E-state index is -4.37. The Kier molecular flexibility index (Phi) is 5.38. The van der Waals surface area contributed by atoms with Crippen molar-refractivity contribution in [2.75, 3.05) is 26.2 Å². The molecule has 0 aromatic heterocycles. The van der Waals surface area contributed by atoms with Gasteiger partial charge in [-0.3, -0.25) is 0 Å². The molecular weight excluding hydrogens is 273 g/mol. The molecule has 1 aliphatic rings. The predicted octanol–water partition coefficient (Wildman–Crippen LogP) is 0.477. The quantitative estimate of drug-likeness (QED) is 0.773. The zero-order valence-electron chi connectivity index (χ0n) is 9.78. The molecule has 1 saturated heterocycles. The Hall–Kier alpha value is -0.380. The number of piperidine rings is 1. The lowest BCUT2D eigenvalue weighted by molar-refractivity contribution is -0.132. The van der Waals surface area contributed by atoms with Gasteiger partial charge in [-0.15, -0.1) is 0 Å². The molecule has 1 aliphatic heterocycles. The molecule has 108 valence electrons. The molecule has 2 N–H and O–H groups in total. The summed E-state index contributed by atoms with van der Waals surface area (Å²) in [6.07, 6.45) is -4.50. The highest BCUT2D eigenvalue weighted by Gasteiger charge is 2.30. The van der Waals surface area contributed by atoms with Gasteiger partial charge in [0.1, 0.15) is 0 Å². The molecule has 18 heavy (non-hydrogen) atoms. The summed E-state index contributed by atoms with van der Waals surface area (Å²) in [5.74, 6) is 0.0756. The Balaban J connectivity index is 2.40. The van der Waals surface area contributed by atoms with Gasteiger partial charge in [-0.25, -0.2) is 4.72 Å². The summed E-state index contributed by atoms with van der Waals surface area (Å²) in [4.78, 5) is 0. The van der Waals surface area contributed by atoms with Crippen molar-refractivity contribution in [1.82, 2.24) is 9.03 Å². The van der Waals surface area contributed by atoms with E-state index in [-0.39, 0.29) is 25.6 Å². The maximum absolute atomic E-state index is 11.9. The molecule has 0 atom stereocenters. The van der Waals surface area contributed by atoms with Crippen LogP contribution in [0.15, 0.2) is 0 Å². The number of nitrogens with zero attached hydrogens (tertiary/aromatic N) is 1. The third-order valence-corrected chi connectivity index (χ3v) is 4.48. The Morgan fingerprint density at radius 3 is 2.28 bits per heavy atom. The molecule has 0 radical (unpaired) electrons. The highest BCUT2D eigenvalue weighted by Crippen LogP contribution is 2.20. The largest absolute Gasteiger partial charge is 0.396 e. The fourth-order valence-corrected chi connectivity index (χ4v) is 2.98. The SMILES string of the molecule is O=S(=O)(NCCC(F)(F)F)N1CCC(CO)CC1. The summed E-state index contributed by atoms with van der Waals surface area (Å²) >= 11 is 0. The normalized spacial score (nSPS) is 20.2. The van der Waals surface area contributed by atoms with Gasteiger partial charge in [0.05, 0.1) is 6.42 Å². The maximum Gasteiger partial charge on any atom is 0.390 e. The summed E-state index contributed by atoms with van der Waals surface area (Å²) in [6.45, 7) is -0.180. The Bertz CT molecular complexity index is 351. The van der Waals surface area contributed by atoms with Crippen molar-refractivity contribution in [1.29, 1.82) is 0 Å². The second kappa shape index (κ2) is 6.18. The number of nitrogens with one attached hydrogen (secondary N) is 1. The van der Waals surface area contributed by atoms with Crippen molar-refractivity contribution < 1.29 is 26.7 Å². The van der Waals surface area contributed by atoms with E-state index in [1.165, 1.54) is 0 Å². The van der Waals surface area contributed by atoms with Crippen molar-refractivity contribution in [3.8, 4) is 0 Å². The van der Waals surface area contributed by atoms with Crippen LogP contribution in [-0.2, 0) is 10.2 Å². The first-order valence-corrected chi connectivity index (χ1v) is 7.11. The summed E-state index contributed by atoms with van der Waals surface area (Å²) < 4.78 is 62.0. The fourth-order valence-electron chi connectivity index (χ4n) is 1.75. The molecule has 0 amide bonds. The smallest absolute Gasteiger partial charge is 0.390 e. The Labute approximate surface area is 104 Å². The first-order valence-electron chi connectivity index (χ1n) is 5.67. The average molecular weight is 290 g/mol. The van der Waals surface area contributed by atoms with Crippen LogP contribution in [0.25, 0.3) is 0 Å². The molecule has 9 heteroatoms. The monoisotopic (exact) mass is 290 g/mol. The summed E-state index contributed by atoms with van der Waals surface area (Å²) in [5.41, 5.74) is 0. The van der Waals surface area contributed by atoms with E-state index < -0.39 is 29.4 Å². The number of halogens is 3. The predicted molar refractivity (Wildman–Crippen MR) is 59.0 cm³/mol. The van der Waals surface area contributed by atoms with E-state index in [4.69, 9.17) is 5.11 Å². The second-order valence-electron chi connectivity index (χ2n) is 4.29. The van der Waals surface area contributed by atoms with Crippen LogP contribution < -0.4 is 4.72 Å². The minimum Gasteiger partial charge on any atom is -0.396 e. The first kappa shape index (κ1) is 15.7. The lowest BCUT2D eigenvalue weighted by Crippen LogP contribution is -2.46. The van der Waals surface area contributed by atoms with Crippen molar-refractivity contribution >= 4 is 10.2 Å². The van der Waals surface area contributed by atoms with Gasteiger partial charge in [0.15, 0.2) is 0 Å². The highest BCUT2D eigenvalue weighted by molar-refractivity contribution is 7.87. The van der Waals surface area contributed by atoms with Gasteiger partial charge in [0.2, 0.25) is 0 Å². The molecule has 0 aromatic carbocycles. The highest BCUT2D eigenvalue weighted by atomic mass is 32.2. The van der Waals surface area contributed by atoms with E-state index in [1.54, 1.807) is 0 Å². The third-order valence-electron chi connectivity index (χ3n) is 2.86. The fraction of sp³-hybridized carbons (Fsp3) is 1.00. The summed E-state index contributed by atoms with van der Waals surface area (Å²) in [6, 6.07) is 0. The molecule has 5 nitrogen and oxygen atoms in total. The molecular formula is C9H17F3N2O3S. The molecule has 0 aromatic rings. The van der Waals surface area contributed by atoms with E-state index in [1.807, 2.05) is 4.72 Å². The van der Waals surface area contributed by atoms with Crippen molar-refractivity contribution in [2.24, 2.45) is 5.92 Å². The van der Waals surface area contributed by atoms with Crippen LogP contribution in [0.3, 0.4) is 0 Å². The molecule has 1 rings (SSSR count). The molecule has 0 spiro atoms. The van der Waals surface area contributed by atoms with E-state index in [0.29, 0.717) is 12.8 Å². The maximum atomic E-state index is 11.9. The summed E-state index contributed by atoms with van der Waals surface area (Å²) in [7, 11) is -3.84. The van der Waals surface area contributed by atoms with Crippen LogP contribution in [-0.4, -0.2) is 50.2 Å². The van der Waals surface area contributed by atoms with Gasteiger partial charge >= 0.3 is 6.18 Å². The lowest BCUT2D eigenvalue weighted by Gasteiger charge is -2.30. The molecule has 1 heterocycles. The molecule has 0 unspecified atom stereocenters. The zero-order valence-corrected chi connectivity index (χ0v) is 10.6. The van der Waals surface area contributed by atoms with Gasteiger partial charge in [0, 0.05) is 26.2 Å². The van der Waals surface area contributed by atoms with E-state index >= 15 is 0 Å². The number of rotatable bonds is 5. The van der Waals surface area contributed by atoms with Gasteiger partial charge in [0.25, 0.3) is 10.2 Å². The molecule has 0 aliphatic carbocycles. The standard InChI is InChI=1S/C9H17F3N2O3S/c10-9(11,12)3-4-13-18(16,17)14-5-1-8(7-15)2-6-14/h8,13,15H,1-7H2. The zero-order chi connectivity index (χ0) is 13.8. The molecule has 1 fully saturated rings. The third kappa shape index (κ3) is 5.09. The van der Waals surface area contributed by atoms with Crippen molar-refractivity contribution in [3.05, 3.63) is 0 Å². The van der Waals surface area contributed by atoms with E-state index in [0.717, 1.165) is 4.31 Å². The second-order valence-corrected chi connectivity index (χ2v) is 6.04. The number of aliphatic hydroxyl groups excluding tert-OH is 1.